The first-order valence-corrected chi connectivity index (χ1v) is 22.2. The van der Waals surface area contributed by atoms with Gasteiger partial charge in [0.25, 0.3) is 0 Å². The molecular weight excluding hydrogens is 789 g/mol. The molecule has 0 radical (unpaired) electrons. The Balaban J connectivity index is 0.942. The maximum Gasteiger partial charge on any atom is 0.159 e. The maximum atomic E-state index is 7.18. The second-order valence-corrected chi connectivity index (χ2v) is 16.9. The van der Waals surface area contributed by atoms with Crippen LogP contribution in [-0.4, -0.2) is 4.57 Å². The van der Waals surface area contributed by atoms with Crippen LogP contribution in [0.25, 0.3) is 104 Å². The fourth-order valence-electron chi connectivity index (χ4n) is 10.0. The maximum absolute atomic E-state index is 7.18. The lowest BCUT2D eigenvalue weighted by Gasteiger charge is -2.26. The lowest BCUT2D eigenvalue weighted by atomic mass is 9.96. The molecule has 0 amide bonds. The minimum atomic E-state index is 0.847. The first-order valence-electron chi connectivity index (χ1n) is 22.2. The summed E-state index contributed by atoms with van der Waals surface area (Å²) >= 11 is 0. The number of rotatable bonds is 7. The molecule has 0 saturated heterocycles. The standard InChI is InChI=1S/C62H40N2O/c1-2-14-45(15-3-1)56-40-48-17-6-7-18-52(48)60-55-21-12-24-59(61(55)65-62(56)60)63(50-35-31-44(32-36-50)47-26-25-41-13-4-5-16-46(41)39-47)49-33-27-42(28-34-49)43-29-37-51(38-30-43)64-57-22-10-8-19-53(57)54-20-9-11-23-58(54)64/h1-40H. The van der Waals surface area contributed by atoms with Crippen molar-refractivity contribution >= 4 is 82.4 Å². The number of benzene rings is 11. The van der Waals surface area contributed by atoms with Crippen LogP contribution in [0.1, 0.15) is 0 Å². The molecule has 0 unspecified atom stereocenters. The van der Waals surface area contributed by atoms with Gasteiger partial charge in [0.1, 0.15) is 5.58 Å². The summed E-state index contributed by atoms with van der Waals surface area (Å²) in [5.74, 6) is 0. The highest BCUT2D eigenvalue weighted by Gasteiger charge is 2.23. The molecule has 0 aliphatic rings. The van der Waals surface area contributed by atoms with Crippen LogP contribution >= 0.6 is 0 Å². The van der Waals surface area contributed by atoms with Gasteiger partial charge in [-0.05, 0) is 116 Å². The highest BCUT2D eigenvalue weighted by molar-refractivity contribution is 6.24. The molecule has 2 heterocycles. The van der Waals surface area contributed by atoms with E-state index < -0.39 is 0 Å². The van der Waals surface area contributed by atoms with E-state index in [2.05, 4.69) is 252 Å². The third-order valence-corrected chi connectivity index (χ3v) is 13.2. The molecule has 11 aromatic carbocycles. The monoisotopic (exact) mass is 828 g/mol. The van der Waals surface area contributed by atoms with Crippen LogP contribution in [0.5, 0.6) is 0 Å². The van der Waals surface area contributed by atoms with Gasteiger partial charge in [-0.15, -0.1) is 0 Å². The molecule has 0 aliphatic heterocycles. The summed E-state index contributed by atoms with van der Waals surface area (Å²) in [6.07, 6.45) is 0. The Bertz CT molecular complexity index is 3860. The van der Waals surface area contributed by atoms with Crippen molar-refractivity contribution in [3.8, 4) is 39.1 Å². The van der Waals surface area contributed by atoms with Crippen LogP contribution in [0.4, 0.5) is 17.1 Å². The Morgan fingerprint density at radius 1 is 0.323 bits per heavy atom. The van der Waals surface area contributed by atoms with Crippen LogP contribution in [-0.2, 0) is 0 Å². The molecule has 0 saturated carbocycles. The third kappa shape index (κ3) is 6.12. The highest BCUT2D eigenvalue weighted by atomic mass is 16.3. The molecule has 13 rings (SSSR count). The molecule has 13 aromatic rings. The second kappa shape index (κ2) is 15.0. The SMILES string of the molecule is c1ccc(-c2cc3ccccc3c3c2oc2c(N(c4ccc(-c5ccc(-n6c7ccccc7c7ccccc76)cc5)cc4)c4ccc(-c5ccc6ccccc6c5)cc4)cccc23)cc1. The van der Waals surface area contributed by atoms with Gasteiger partial charge in [0.05, 0.1) is 16.7 Å². The van der Waals surface area contributed by atoms with E-state index in [1.807, 2.05) is 0 Å². The largest absolute Gasteiger partial charge is 0.453 e. The minimum Gasteiger partial charge on any atom is -0.453 e. The molecule has 3 heteroatoms. The summed E-state index contributed by atoms with van der Waals surface area (Å²) in [6.45, 7) is 0. The van der Waals surface area contributed by atoms with E-state index in [1.54, 1.807) is 0 Å². The number of nitrogens with zero attached hydrogens (tertiary/aromatic N) is 2. The normalized spacial score (nSPS) is 11.7. The van der Waals surface area contributed by atoms with Gasteiger partial charge in [-0.25, -0.2) is 0 Å². The van der Waals surface area contributed by atoms with Crippen molar-refractivity contribution in [3.63, 3.8) is 0 Å². The molecule has 3 nitrogen and oxygen atoms in total. The summed E-state index contributed by atoms with van der Waals surface area (Å²) < 4.78 is 9.55. The van der Waals surface area contributed by atoms with E-state index in [0.29, 0.717) is 0 Å². The Kier molecular flexibility index (Phi) is 8.53. The predicted octanol–water partition coefficient (Wildman–Crippen LogP) is 17.5. The van der Waals surface area contributed by atoms with Gasteiger partial charge in [0.15, 0.2) is 5.58 Å². The fraction of sp³-hybridized carbons (Fsp3) is 0. The number of fused-ring (bicyclic) bond motifs is 9. The first-order chi connectivity index (χ1) is 32.2. The molecule has 0 atom stereocenters. The van der Waals surface area contributed by atoms with Crippen molar-refractivity contribution in [3.05, 3.63) is 243 Å². The summed E-state index contributed by atoms with van der Waals surface area (Å²) in [7, 11) is 0. The number of hydrogen-bond acceptors (Lipinski definition) is 2. The zero-order valence-electron chi connectivity index (χ0n) is 35.4. The Morgan fingerprint density at radius 3 is 1.52 bits per heavy atom. The van der Waals surface area contributed by atoms with Crippen LogP contribution in [0.2, 0.25) is 0 Å². The van der Waals surface area contributed by atoms with Crippen molar-refractivity contribution in [1.82, 2.24) is 4.57 Å². The van der Waals surface area contributed by atoms with Gasteiger partial charge >= 0.3 is 0 Å². The lowest BCUT2D eigenvalue weighted by molar-refractivity contribution is 0.670. The van der Waals surface area contributed by atoms with Crippen molar-refractivity contribution < 1.29 is 4.42 Å². The Morgan fingerprint density at radius 2 is 0.846 bits per heavy atom. The minimum absolute atomic E-state index is 0.847. The Hall–Kier alpha value is -8.66. The average Bonchev–Trinajstić information content (AvgIpc) is 3.94. The second-order valence-electron chi connectivity index (χ2n) is 16.9. The van der Waals surface area contributed by atoms with Crippen molar-refractivity contribution in [2.24, 2.45) is 0 Å². The van der Waals surface area contributed by atoms with E-state index in [1.165, 1.54) is 54.5 Å². The van der Waals surface area contributed by atoms with Crippen molar-refractivity contribution in [1.29, 1.82) is 0 Å². The summed E-state index contributed by atoms with van der Waals surface area (Å²) in [4.78, 5) is 2.34. The molecule has 0 fully saturated rings. The highest BCUT2D eigenvalue weighted by Crippen LogP contribution is 2.47. The number of furan rings is 1. The molecule has 65 heavy (non-hydrogen) atoms. The van der Waals surface area contributed by atoms with E-state index in [9.17, 15) is 0 Å². The molecule has 0 spiro atoms. The van der Waals surface area contributed by atoms with Crippen LogP contribution in [0, 0.1) is 0 Å². The number of hydrogen-bond donors (Lipinski definition) is 0. The quantitative estimate of drug-likeness (QED) is 0.160. The average molecular weight is 829 g/mol. The topological polar surface area (TPSA) is 21.3 Å². The third-order valence-electron chi connectivity index (χ3n) is 13.2. The van der Waals surface area contributed by atoms with Gasteiger partial charge in [-0.2, -0.15) is 0 Å². The molecular formula is C62H40N2O. The Labute approximate surface area is 376 Å². The zero-order valence-corrected chi connectivity index (χ0v) is 35.4. The summed E-state index contributed by atoms with van der Waals surface area (Å²) in [6, 6.07) is 87.5. The number of para-hydroxylation sites is 3. The molecule has 2 aromatic heterocycles. The summed E-state index contributed by atoms with van der Waals surface area (Å²) in [5, 5.41) is 9.58. The van der Waals surface area contributed by atoms with Crippen molar-refractivity contribution in [2.75, 3.05) is 4.90 Å². The van der Waals surface area contributed by atoms with Gasteiger partial charge in [-0.3, -0.25) is 0 Å². The summed E-state index contributed by atoms with van der Waals surface area (Å²) in [5.41, 5.74) is 15.2. The van der Waals surface area contributed by atoms with Gasteiger partial charge < -0.3 is 13.9 Å². The predicted molar refractivity (Wildman–Crippen MR) is 274 cm³/mol. The molecule has 304 valence electrons. The van der Waals surface area contributed by atoms with Crippen LogP contribution in [0.3, 0.4) is 0 Å². The first kappa shape index (κ1) is 36.9. The van der Waals surface area contributed by atoms with Crippen LogP contribution < -0.4 is 4.90 Å². The van der Waals surface area contributed by atoms with Gasteiger partial charge in [0.2, 0.25) is 0 Å². The van der Waals surface area contributed by atoms with E-state index in [4.69, 9.17) is 4.42 Å². The molecule has 0 bridgehead atoms. The van der Waals surface area contributed by atoms with E-state index in [-0.39, 0.29) is 0 Å². The smallest absolute Gasteiger partial charge is 0.159 e. The fourth-order valence-corrected chi connectivity index (χ4v) is 10.0. The number of anilines is 3. The molecule has 0 N–H and O–H groups in total. The van der Waals surface area contributed by atoms with E-state index >= 15 is 0 Å². The lowest BCUT2D eigenvalue weighted by Crippen LogP contribution is -2.10. The van der Waals surface area contributed by atoms with Crippen molar-refractivity contribution in [2.45, 2.75) is 0 Å². The molecule has 0 aliphatic carbocycles. The van der Waals surface area contributed by atoms with Crippen LogP contribution in [0.15, 0.2) is 247 Å². The van der Waals surface area contributed by atoms with Gasteiger partial charge in [0, 0.05) is 44.2 Å². The zero-order chi connectivity index (χ0) is 42.8. The number of aromatic nitrogens is 1. The van der Waals surface area contributed by atoms with Gasteiger partial charge in [-0.1, -0.05) is 176 Å². The van der Waals surface area contributed by atoms with E-state index in [0.717, 1.165) is 66.9 Å².